The van der Waals surface area contributed by atoms with Gasteiger partial charge in [0.25, 0.3) is 0 Å². The lowest BCUT2D eigenvalue weighted by molar-refractivity contribution is -0.149. The normalized spacial score (nSPS) is 24.0. The molecule has 0 spiro atoms. The topological polar surface area (TPSA) is 63.3 Å². The Morgan fingerprint density at radius 1 is 0.833 bits per heavy atom. The first-order valence-electron chi connectivity index (χ1n) is 9.59. The van der Waals surface area contributed by atoms with Gasteiger partial charge < -0.3 is 10.8 Å². The van der Waals surface area contributed by atoms with E-state index in [2.05, 4.69) is 41.5 Å². The molecule has 142 valence electrons. The summed E-state index contributed by atoms with van der Waals surface area (Å²) in [5.74, 6) is 0.657. The molecule has 3 N–H and O–H groups in total. The van der Waals surface area contributed by atoms with E-state index in [1.54, 1.807) is 0 Å². The Bertz CT molecular complexity index is 435. The van der Waals surface area contributed by atoms with E-state index in [4.69, 9.17) is 5.73 Å². The van der Waals surface area contributed by atoms with Gasteiger partial charge in [0.05, 0.1) is 5.41 Å². The predicted molar refractivity (Wildman–Crippen MR) is 102 cm³/mol. The third-order valence-corrected chi connectivity index (χ3v) is 6.33. The summed E-state index contributed by atoms with van der Waals surface area (Å²) in [6.45, 7) is 17.2. The summed E-state index contributed by atoms with van der Waals surface area (Å²) in [6, 6.07) is 0. The fourth-order valence-corrected chi connectivity index (χ4v) is 5.33. The second-order valence-corrected chi connectivity index (χ2v) is 11.1. The average Bonchev–Trinajstić information content (AvgIpc) is 2.34. The second kappa shape index (κ2) is 6.97. The van der Waals surface area contributed by atoms with Crippen molar-refractivity contribution in [3.05, 3.63) is 0 Å². The molecule has 3 nitrogen and oxygen atoms in total. The van der Waals surface area contributed by atoms with Crippen molar-refractivity contribution < 1.29 is 9.90 Å². The quantitative estimate of drug-likeness (QED) is 0.646. The molecule has 0 saturated heterocycles. The van der Waals surface area contributed by atoms with Crippen molar-refractivity contribution in [2.45, 2.75) is 99.5 Å². The lowest BCUT2D eigenvalue weighted by Crippen LogP contribution is -2.42. The summed E-state index contributed by atoms with van der Waals surface area (Å²) < 4.78 is 0. The fraction of sp³-hybridized carbons (Fsp3) is 0.952. The van der Waals surface area contributed by atoms with Gasteiger partial charge in [0.1, 0.15) is 0 Å². The van der Waals surface area contributed by atoms with Crippen LogP contribution >= 0.6 is 0 Å². The number of nitrogens with two attached hydrogens (primary N) is 1. The Kier molecular flexibility index (Phi) is 6.24. The summed E-state index contributed by atoms with van der Waals surface area (Å²) in [5, 5.41) is 9.45. The zero-order chi connectivity index (χ0) is 19.0. The van der Waals surface area contributed by atoms with E-state index < -0.39 is 11.4 Å². The minimum Gasteiger partial charge on any atom is -0.481 e. The lowest BCUT2D eigenvalue weighted by atomic mass is 9.59. The van der Waals surface area contributed by atoms with Gasteiger partial charge in [-0.15, -0.1) is 0 Å². The molecule has 0 aromatic heterocycles. The Labute approximate surface area is 149 Å². The van der Waals surface area contributed by atoms with E-state index in [1.165, 1.54) is 25.7 Å². The minimum atomic E-state index is -0.685. The maximum atomic E-state index is 11.5. The molecule has 0 atom stereocenters. The average molecular weight is 340 g/mol. The van der Waals surface area contributed by atoms with Crippen molar-refractivity contribution in [2.75, 3.05) is 0 Å². The third kappa shape index (κ3) is 5.75. The van der Waals surface area contributed by atoms with Crippen LogP contribution < -0.4 is 5.73 Å². The van der Waals surface area contributed by atoms with Crippen LogP contribution in [-0.4, -0.2) is 16.6 Å². The number of rotatable bonds is 7. The number of hydrogen-bond donors (Lipinski definition) is 2. The van der Waals surface area contributed by atoms with E-state index in [0.29, 0.717) is 5.92 Å². The number of aliphatic carboxylic acids is 1. The molecule has 0 radical (unpaired) electrons. The van der Waals surface area contributed by atoms with Gasteiger partial charge in [0, 0.05) is 5.54 Å². The van der Waals surface area contributed by atoms with Crippen LogP contribution in [0.4, 0.5) is 0 Å². The molecule has 0 unspecified atom stereocenters. The summed E-state index contributed by atoms with van der Waals surface area (Å²) in [5.41, 5.74) is 5.84. The number of carboxylic acids is 1. The van der Waals surface area contributed by atoms with Crippen LogP contribution in [0.25, 0.3) is 0 Å². The Hall–Kier alpha value is -0.570. The first-order valence-corrected chi connectivity index (χ1v) is 9.59. The molecule has 0 aromatic rings. The first-order chi connectivity index (χ1) is 10.6. The zero-order valence-corrected chi connectivity index (χ0v) is 17.3. The second-order valence-electron chi connectivity index (χ2n) is 11.1. The van der Waals surface area contributed by atoms with Crippen molar-refractivity contribution >= 4 is 5.97 Å². The zero-order valence-electron chi connectivity index (χ0n) is 17.3. The maximum absolute atomic E-state index is 11.5. The van der Waals surface area contributed by atoms with Crippen LogP contribution in [0.1, 0.15) is 93.9 Å². The van der Waals surface area contributed by atoms with E-state index in [-0.39, 0.29) is 16.4 Å². The summed E-state index contributed by atoms with van der Waals surface area (Å²) in [7, 11) is 0. The Morgan fingerprint density at radius 3 is 1.46 bits per heavy atom. The van der Waals surface area contributed by atoms with Gasteiger partial charge in [-0.2, -0.15) is 0 Å². The molecule has 1 fully saturated rings. The molecule has 1 rings (SSSR count). The highest BCUT2D eigenvalue weighted by molar-refractivity contribution is 5.73. The van der Waals surface area contributed by atoms with Crippen LogP contribution in [-0.2, 0) is 4.79 Å². The Balaban J connectivity index is 2.69. The minimum absolute atomic E-state index is 0.0736. The van der Waals surface area contributed by atoms with Gasteiger partial charge >= 0.3 is 5.97 Å². The van der Waals surface area contributed by atoms with E-state index in [1.807, 2.05) is 13.8 Å². The van der Waals surface area contributed by atoms with Crippen molar-refractivity contribution in [2.24, 2.45) is 33.8 Å². The molecule has 0 heterocycles. The molecular weight excluding hydrogens is 298 g/mol. The lowest BCUT2D eigenvalue weighted by Gasteiger charge is -2.47. The summed E-state index contributed by atoms with van der Waals surface area (Å²) in [6.07, 6.45) is 6.69. The monoisotopic (exact) mass is 339 g/mol. The summed E-state index contributed by atoms with van der Waals surface area (Å²) >= 11 is 0. The first kappa shape index (κ1) is 21.5. The fourth-order valence-electron chi connectivity index (χ4n) is 5.33. The van der Waals surface area contributed by atoms with Crippen LogP contribution in [0.15, 0.2) is 0 Å². The van der Waals surface area contributed by atoms with E-state index >= 15 is 0 Å². The van der Waals surface area contributed by atoms with Crippen molar-refractivity contribution in [1.29, 1.82) is 0 Å². The molecule has 1 aliphatic rings. The van der Waals surface area contributed by atoms with Crippen molar-refractivity contribution in [3.63, 3.8) is 0 Å². The SMILES string of the molecule is CC(C)(N)CC(C)(C)C1CCC(C(C)(C)CC(C)(C)C(=O)O)CC1. The molecule has 24 heavy (non-hydrogen) atoms. The van der Waals surface area contributed by atoms with Gasteiger partial charge in [0.2, 0.25) is 0 Å². The van der Waals surface area contributed by atoms with Gasteiger partial charge in [0.15, 0.2) is 0 Å². The number of carbonyl (C=O) groups is 1. The van der Waals surface area contributed by atoms with Gasteiger partial charge in [-0.1, -0.05) is 27.7 Å². The van der Waals surface area contributed by atoms with Crippen molar-refractivity contribution in [1.82, 2.24) is 0 Å². The highest BCUT2D eigenvalue weighted by Crippen LogP contribution is 2.50. The smallest absolute Gasteiger partial charge is 0.309 e. The largest absolute Gasteiger partial charge is 0.481 e. The highest BCUT2D eigenvalue weighted by Gasteiger charge is 2.42. The molecule has 1 aliphatic carbocycles. The van der Waals surface area contributed by atoms with E-state index in [0.717, 1.165) is 18.8 Å². The van der Waals surface area contributed by atoms with Gasteiger partial charge in [-0.05, 0) is 88.9 Å². The maximum Gasteiger partial charge on any atom is 0.309 e. The highest BCUT2D eigenvalue weighted by atomic mass is 16.4. The Morgan fingerprint density at radius 2 is 1.17 bits per heavy atom. The van der Waals surface area contributed by atoms with Crippen LogP contribution in [0, 0.1) is 28.1 Å². The molecule has 0 aliphatic heterocycles. The van der Waals surface area contributed by atoms with Crippen LogP contribution in [0.3, 0.4) is 0 Å². The molecule has 0 amide bonds. The number of hydrogen-bond acceptors (Lipinski definition) is 2. The van der Waals surface area contributed by atoms with Gasteiger partial charge in [-0.3, -0.25) is 4.79 Å². The number of carboxylic acid groups (broad SMARTS) is 1. The van der Waals surface area contributed by atoms with Gasteiger partial charge in [-0.25, -0.2) is 0 Å². The molecule has 3 heteroatoms. The molecule has 0 aromatic carbocycles. The van der Waals surface area contributed by atoms with E-state index in [9.17, 15) is 9.90 Å². The molecular formula is C21H41NO2. The van der Waals surface area contributed by atoms with Crippen molar-refractivity contribution in [3.8, 4) is 0 Å². The summed E-state index contributed by atoms with van der Waals surface area (Å²) in [4.78, 5) is 11.5. The third-order valence-electron chi connectivity index (χ3n) is 6.33. The molecule has 0 bridgehead atoms. The standard InChI is InChI=1S/C21H41NO2/c1-18(2,13-20(5,6)17(23)24)15-9-11-16(12-10-15)19(3,4)14-21(7,8)22/h15-16H,9-14,22H2,1-8H3,(H,23,24). The van der Waals surface area contributed by atoms with Crippen LogP contribution in [0.5, 0.6) is 0 Å². The van der Waals surface area contributed by atoms with Crippen LogP contribution in [0.2, 0.25) is 0 Å². The predicted octanol–water partition coefficient (Wildman–Crippen LogP) is 5.47. The molecule has 1 saturated carbocycles.